The van der Waals surface area contributed by atoms with Crippen molar-refractivity contribution in [1.29, 1.82) is 0 Å². The van der Waals surface area contributed by atoms with Gasteiger partial charge in [-0.15, -0.1) is 0 Å². The Kier molecular flexibility index (Phi) is 7.25. The predicted molar refractivity (Wildman–Crippen MR) is 117 cm³/mol. The van der Waals surface area contributed by atoms with E-state index in [0.29, 0.717) is 12.4 Å². The molecule has 0 bridgehead atoms. The number of carbonyl (C=O) groups is 1. The van der Waals surface area contributed by atoms with Crippen LogP contribution in [0.3, 0.4) is 0 Å². The van der Waals surface area contributed by atoms with Gasteiger partial charge in [-0.05, 0) is 37.3 Å². The Hall–Kier alpha value is -3.39. The van der Waals surface area contributed by atoms with Crippen LogP contribution in [0, 0.1) is 5.82 Å². The van der Waals surface area contributed by atoms with Gasteiger partial charge in [0.05, 0.1) is 17.2 Å². The summed E-state index contributed by atoms with van der Waals surface area (Å²) in [7, 11) is -4.16. The third kappa shape index (κ3) is 5.40. The normalized spacial score (nSPS) is 11.0. The molecule has 0 aliphatic rings. The van der Waals surface area contributed by atoms with Crippen LogP contribution >= 0.6 is 0 Å². The van der Waals surface area contributed by atoms with Crippen molar-refractivity contribution in [3.05, 3.63) is 90.2 Å². The summed E-state index contributed by atoms with van der Waals surface area (Å²) in [6.45, 7) is 1.90. The maximum absolute atomic E-state index is 14.5. The van der Waals surface area contributed by atoms with Crippen LogP contribution in [0.25, 0.3) is 0 Å². The van der Waals surface area contributed by atoms with E-state index in [1.807, 2.05) is 19.1 Å². The number of nitrogens with zero attached hydrogens (tertiary/aromatic N) is 1. The fourth-order valence-electron chi connectivity index (χ4n) is 3.00. The van der Waals surface area contributed by atoms with E-state index >= 15 is 0 Å². The number of hydrogen-bond acceptors (Lipinski definition) is 4. The molecule has 6 nitrogen and oxygen atoms in total. The SMILES string of the molecule is CCOc1ccccc1CNC(=O)CN(c1ccccc1F)S(=O)(=O)c1ccccc1. The molecule has 3 aromatic carbocycles. The van der Waals surface area contributed by atoms with E-state index in [2.05, 4.69) is 5.32 Å². The molecule has 31 heavy (non-hydrogen) atoms. The summed E-state index contributed by atoms with van der Waals surface area (Å²) in [4.78, 5) is 12.6. The number of ether oxygens (including phenoxy) is 1. The van der Waals surface area contributed by atoms with Crippen LogP contribution in [0.2, 0.25) is 0 Å². The molecule has 0 fully saturated rings. The number of nitrogens with one attached hydrogen (secondary N) is 1. The fraction of sp³-hybridized carbons (Fsp3) is 0.174. The van der Waals surface area contributed by atoms with Crippen molar-refractivity contribution >= 4 is 21.6 Å². The summed E-state index contributed by atoms with van der Waals surface area (Å²) < 4.78 is 47.2. The zero-order valence-electron chi connectivity index (χ0n) is 17.0. The van der Waals surface area contributed by atoms with Crippen LogP contribution in [0.5, 0.6) is 5.75 Å². The molecular weight excluding hydrogens is 419 g/mol. The van der Waals surface area contributed by atoms with Crippen LogP contribution < -0.4 is 14.4 Å². The lowest BCUT2D eigenvalue weighted by Crippen LogP contribution is -2.41. The number of amides is 1. The van der Waals surface area contributed by atoms with E-state index in [4.69, 9.17) is 4.74 Å². The molecular formula is C23H23FN2O4S. The van der Waals surface area contributed by atoms with Gasteiger partial charge in [-0.1, -0.05) is 48.5 Å². The summed E-state index contributed by atoms with van der Waals surface area (Å²) in [6, 6.07) is 20.3. The molecule has 8 heteroatoms. The molecule has 0 saturated carbocycles. The van der Waals surface area contributed by atoms with Crippen LogP contribution in [-0.4, -0.2) is 27.5 Å². The minimum Gasteiger partial charge on any atom is -0.494 e. The lowest BCUT2D eigenvalue weighted by molar-refractivity contribution is -0.119. The first-order valence-corrected chi connectivity index (χ1v) is 11.2. The first-order valence-electron chi connectivity index (χ1n) is 9.73. The molecule has 0 spiro atoms. The van der Waals surface area contributed by atoms with Crippen LogP contribution in [0.4, 0.5) is 10.1 Å². The summed E-state index contributed by atoms with van der Waals surface area (Å²) in [5.41, 5.74) is 0.553. The molecule has 0 aliphatic carbocycles. The van der Waals surface area contributed by atoms with E-state index in [9.17, 15) is 17.6 Å². The van der Waals surface area contributed by atoms with Crippen molar-refractivity contribution in [2.45, 2.75) is 18.4 Å². The minimum atomic E-state index is -4.16. The Bertz CT molecular complexity index is 1140. The lowest BCUT2D eigenvalue weighted by atomic mass is 10.2. The van der Waals surface area contributed by atoms with E-state index < -0.39 is 28.3 Å². The summed E-state index contributed by atoms with van der Waals surface area (Å²) in [5.74, 6) is -0.682. The largest absolute Gasteiger partial charge is 0.494 e. The molecule has 3 rings (SSSR count). The molecule has 162 valence electrons. The predicted octanol–water partition coefficient (Wildman–Crippen LogP) is 3.74. The number of carbonyl (C=O) groups excluding carboxylic acids is 1. The third-order valence-electron chi connectivity index (χ3n) is 4.49. The molecule has 1 amide bonds. The van der Waals surface area contributed by atoms with Gasteiger partial charge in [0.2, 0.25) is 5.91 Å². The van der Waals surface area contributed by atoms with Gasteiger partial charge in [0.25, 0.3) is 10.0 Å². The van der Waals surface area contributed by atoms with Gasteiger partial charge >= 0.3 is 0 Å². The van der Waals surface area contributed by atoms with Crippen molar-refractivity contribution in [2.24, 2.45) is 0 Å². The molecule has 0 unspecified atom stereocenters. The number of rotatable bonds is 9. The van der Waals surface area contributed by atoms with Gasteiger partial charge in [0.1, 0.15) is 18.1 Å². The number of halogens is 1. The Balaban J connectivity index is 1.84. The summed E-state index contributed by atoms with van der Waals surface area (Å²) in [6.07, 6.45) is 0. The van der Waals surface area contributed by atoms with Crippen molar-refractivity contribution < 1.29 is 22.3 Å². The van der Waals surface area contributed by atoms with Gasteiger partial charge < -0.3 is 10.1 Å². The van der Waals surface area contributed by atoms with Gasteiger partial charge in [-0.3, -0.25) is 9.10 Å². The van der Waals surface area contributed by atoms with E-state index in [1.54, 1.807) is 30.3 Å². The van der Waals surface area contributed by atoms with E-state index in [-0.39, 0.29) is 17.1 Å². The minimum absolute atomic E-state index is 0.0345. The topological polar surface area (TPSA) is 75.7 Å². The number of para-hydroxylation sites is 2. The van der Waals surface area contributed by atoms with Gasteiger partial charge in [-0.25, -0.2) is 12.8 Å². The number of benzene rings is 3. The van der Waals surface area contributed by atoms with Gasteiger partial charge in [0, 0.05) is 12.1 Å². The monoisotopic (exact) mass is 442 g/mol. The molecule has 1 N–H and O–H groups in total. The zero-order valence-corrected chi connectivity index (χ0v) is 17.8. The van der Waals surface area contributed by atoms with Crippen LogP contribution in [-0.2, 0) is 21.4 Å². The van der Waals surface area contributed by atoms with E-state index in [1.165, 1.54) is 30.3 Å². The molecule has 0 heterocycles. The standard InChI is InChI=1S/C23H23FN2O4S/c1-2-30-22-15-9-6-10-18(22)16-25-23(27)17-26(21-14-8-7-13-20(21)24)31(28,29)19-11-4-3-5-12-19/h3-15H,2,16-17H2,1H3,(H,25,27). The Morgan fingerprint density at radius 2 is 1.61 bits per heavy atom. The molecule has 0 aliphatic heterocycles. The molecule has 0 aromatic heterocycles. The quantitative estimate of drug-likeness (QED) is 0.548. The molecule has 0 saturated heterocycles. The summed E-state index contributed by atoms with van der Waals surface area (Å²) >= 11 is 0. The van der Waals surface area contributed by atoms with Gasteiger partial charge in [-0.2, -0.15) is 0 Å². The first kappa shape index (κ1) is 22.3. The van der Waals surface area contributed by atoms with Crippen molar-refractivity contribution in [3.8, 4) is 5.75 Å². The van der Waals surface area contributed by atoms with Crippen LogP contribution in [0.15, 0.2) is 83.8 Å². The van der Waals surface area contributed by atoms with Crippen LogP contribution in [0.1, 0.15) is 12.5 Å². The smallest absolute Gasteiger partial charge is 0.264 e. The molecule has 0 atom stereocenters. The zero-order chi connectivity index (χ0) is 22.3. The van der Waals surface area contributed by atoms with Gasteiger partial charge in [0.15, 0.2) is 0 Å². The average Bonchev–Trinajstić information content (AvgIpc) is 2.78. The average molecular weight is 443 g/mol. The number of sulfonamides is 1. The highest BCUT2D eigenvalue weighted by Crippen LogP contribution is 2.26. The highest BCUT2D eigenvalue weighted by Gasteiger charge is 2.29. The summed E-state index contributed by atoms with van der Waals surface area (Å²) in [5, 5.41) is 2.69. The Morgan fingerprint density at radius 1 is 0.968 bits per heavy atom. The number of anilines is 1. The number of hydrogen-bond donors (Lipinski definition) is 1. The molecule has 0 radical (unpaired) electrons. The maximum atomic E-state index is 14.5. The lowest BCUT2D eigenvalue weighted by Gasteiger charge is -2.24. The van der Waals surface area contributed by atoms with E-state index in [0.717, 1.165) is 15.9 Å². The third-order valence-corrected chi connectivity index (χ3v) is 6.26. The van der Waals surface area contributed by atoms with Crippen molar-refractivity contribution in [2.75, 3.05) is 17.5 Å². The molecule has 3 aromatic rings. The first-order chi connectivity index (χ1) is 14.9. The fourth-order valence-corrected chi connectivity index (χ4v) is 4.45. The second kappa shape index (κ2) is 10.1. The highest BCUT2D eigenvalue weighted by atomic mass is 32.2. The highest BCUT2D eigenvalue weighted by molar-refractivity contribution is 7.92. The second-order valence-electron chi connectivity index (χ2n) is 6.59. The second-order valence-corrected chi connectivity index (χ2v) is 8.46. The van der Waals surface area contributed by atoms with Crippen molar-refractivity contribution in [1.82, 2.24) is 5.32 Å². The Morgan fingerprint density at radius 3 is 2.32 bits per heavy atom. The van der Waals surface area contributed by atoms with Crippen molar-refractivity contribution in [3.63, 3.8) is 0 Å². The maximum Gasteiger partial charge on any atom is 0.264 e. The Labute approximate surface area is 181 Å².